The predicted octanol–water partition coefficient (Wildman–Crippen LogP) is 6.04. The van der Waals surface area contributed by atoms with E-state index in [1.165, 1.54) is 11.1 Å². The zero-order chi connectivity index (χ0) is 22.5. The van der Waals surface area contributed by atoms with Gasteiger partial charge in [-0.15, -0.1) is 0 Å². The molecular weight excluding hydrogens is 396 g/mol. The maximum atomic E-state index is 13.7. The summed E-state index contributed by atoms with van der Waals surface area (Å²) in [7, 11) is 0. The highest BCUT2D eigenvalue weighted by molar-refractivity contribution is 6.55. The molecular formula is C28H28N2O2. The summed E-state index contributed by atoms with van der Waals surface area (Å²) < 4.78 is 5.54. The molecule has 5 rings (SSSR count). The van der Waals surface area contributed by atoms with Crippen LogP contribution in [0.2, 0.25) is 0 Å². The maximum Gasteiger partial charge on any atom is 0.278 e. The van der Waals surface area contributed by atoms with Gasteiger partial charge in [0.2, 0.25) is 0 Å². The Morgan fingerprint density at radius 1 is 0.938 bits per heavy atom. The minimum atomic E-state index is -0.346. The molecule has 2 aliphatic heterocycles. The van der Waals surface area contributed by atoms with Crippen LogP contribution in [0, 0.1) is 0 Å². The standard InChI is InChI=1S/C28H28N2O2/c1-5-32-21-16-14-20(15-17-21)29-24-22-12-9-13-23-25(22)30(26(24)31)27(2,3)18-28(23,4)19-10-7-6-8-11-19/h6-17H,5,18H2,1-4H3/t28-/m1/s1. The van der Waals surface area contributed by atoms with Gasteiger partial charge in [0.1, 0.15) is 11.5 Å². The monoisotopic (exact) mass is 424 g/mol. The first-order chi connectivity index (χ1) is 15.3. The minimum Gasteiger partial charge on any atom is -0.494 e. The number of hydrogen-bond acceptors (Lipinski definition) is 3. The van der Waals surface area contributed by atoms with Gasteiger partial charge in [0.15, 0.2) is 0 Å². The van der Waals surface area contributed by atoms with E-state index in [4.69, 9.17) is 9.73 Å². The number of ether oxygens (including phenoxy) is 1. The maximum absolute atomic E-state index is 13.7. The normalized spacial score (nSPS) is 22.2. The molecule has 2 aliphatic rings. The Hall–Kier alpha value is -3.40. The molecule has 3 aromatic carbocycles. The Morgan fingerprint density at radius 3 is 2.34 bits per heavy atom. The summed E-state index contributed by atoms with van der Waals surface area (Å²) in [4.78, 5) is 20.5. The van der Waals surface area contributed by atoms with Crippen molar-refractivity contribution in [3.8, 4) is 5.75 Å². The van der Waals surface area contributed by atoms with Gasteiger partial charge in [-0.1, -0.05) is 55.5 Å². The first-order valence-electron chi connectivity index (χ1n) is 11.2. The molecule has 0 fully saturated rings. The molecule has 32 heavy (non-hydrogen) atoms. The van der Waals surface area contributed by atoms with Crippen LogP contribution in [0.1, 0.15) is 50.8 Å². The number of amides is 1. The van der Waals surface area contributed by atoms with Crippen LogP contribution in [0.3, 0.4) is 0 Å². The van der Waals surface area contributed by atoms with Crippen molar-refractivity contribution in [2.45, 2.75) is 45.1 Å². The number of nitrogens with zero attached hydrogens (tertiary/aromatic N) is 2. The van der Waals surface area contributed by atoms with Crippen LogP contribution in [0.25, 0.3) is 0 Å². The summed E-state index contributed by atoms with van der Waals surface area (Å²) in [5.74, 6) is 0.776. The number of hydrogen-bond donors (Lipinski definition) is 0. The first kappa shape index (κ1) is 20.5. The minimum absolute atomic E-state index is 0.0264. The number of aliphatic imine (C=N–C) groups is 1. The third kappa shape index (κ3) is 3.05. The second kappa shape index (κ2) is 7.33. The molecule has 1 atom stereocenters. The van der Waals surface area contributed by atoms with E-state index < -0.39 is 0 Å². The highest BCUT2D eigenvalue weighted by Gasteiger charge is 2.52. The van der Waals surface area contributed by atoms with Crippen LogP contribution in [-0.2, 0) is 10.2 Å². The van der Waals surface area contributed by atoms with Gasteiger partial charge in [-0.3, -0.25) is 4.79 Å². The van der Waals surface area contributed by atoms with Crippen molar-refractivity contribution in [1.82, 2.24) is 0 Å². The van der Waals surface area contributed by atoms with E-state index in [-0.39, 0.29) is 16.9 Å². The van der Waals surface area contributed by atoms with Gasteiger partial charge >= 0.3 is 0 Å². The Morgan fingerprint density at radius 2 is 1.66 bits per heavy atom. The van der Waals surface area contributed by atoms with Crippen molar-refractivity contribution in [3.63, 3.8) is 0 Å². The fraction of sp³-hybridized carbons (Fsp3) is 0.286. The number of rotatable bonds is 4. The van der Waals surface area contributed by atoms with Gasteiger partial charge in [0.05, 0.1) is 18.0 Å². The lowest BCUT2D eigenvalue weighted by molar-refractivity contribution is -0.113. The van der Waals surface area contributed by atoms with E-state index in [2.05, 4.69) is 57.2 Å². The molecule has 3 aromatic rings. The molecule has 0 unspecified atom stereocenters. The summed E-state index contributed by atoms with van der Waals surface area (Å²) >= 11 is 0. The largest absolute Gasteiger partial charge is 0.494 e. The number of anilines is 1. The molecule has 4 nitrogen and oxygen atoms in total. The molecule has 4 heteroatoms. The van der Waals surface area contributed by atoms with Crippen molar-refractivity contribution in [2.75, 3.05) is 11.5 Å². The van der Waals surface area contributed by atoms with E-state index in [0.717, 1.165) is 29.1 Å². The second-order valence-corrected chi connectivity index (χ2v) is 9.42. The Balaban J connectivity index is 1.67. The Bertz CT molecular complexity index is 1210. The van der Waals surface area contributed by atoms with E-state index in [9.17, 15) is 4.79 Å². The average Bonchev–Trinajstić information content (AvgIpc) is 3.07. The van der Waals surface area contributed by atoms with Crippen molar-refractivity contribution in [3.05, 3.63) is 89.5 Å². The lowest BCUT2D eigenvalue weighted by atomic mass is 9.65. The number of para-hydroxylation sites is 1. The molecule has 162 valence electrons. The smallest absolute Gasteiger partial charge is 0.278 e. The van der Waals surface area contributed by atoms with Crippen LogP contribution < -0.4 is 9.64 Å². The van der Waals surface area contributed by atoms with Crippen LogP contribution in [0.5, 0.6) is 5.75 Å². The van der Waals surface area contributed by atoms with Gasteiger partial charge in [-0.25, -0.2) is 4.99 Å². The number of benzene rings is 3. The molecule has 0 bridgehead atoms. The van der Waals surface area contributed by atoms with Crippen molar-refractivity contribution >= 4 is 23.0 Å². The predicted molar refractivity (Wildman–Crippen MR) is 129 cm³/mol. The molecule has 0 saturated carbocycles. The Kier molecular flexibility index (Phi) is 4.70. The summed E-state index contributed by atoms with van der Waals surface area (Å²) in [6.07, 6.45) is 0.836. The van der Waals surface area contributed by atoms with Crippen molar-refractivity contribution in [2.24, 2.45) is 4.99 Å². The summed E-state index contributed by atoms with van der Waals surface area (Å²) in [6, 6.07) is 24.4. The van der Waals surface area contributed by atoms with Crippen LogP contribution in [-0.4, -0.2) is 23.8 Å². The van der Waals surface area contributed by atoms with Crippen LogP contribution in [0.15, 0.2) is 77.8 Å². The molecule has 1 amide bonds. The third-order valence-electron chi connectivity index (χ3n) is 6.71. The molecule has 2 heterocycles. The summed E-state index contributed by atoms with van der Waals surface area (Å²) in [5, 5.41) is 0. The lowest BCUT2D eigenvalue weighted by Crippen LogP contribution is -2.54. The third-order valence-corrected chi connectivity index (χ3v) is 6.71. The van der Waals surface area contributed by atoms with Crippen LogP contribution in [0.4, 0.5) is 11.4 Å². The summed E-state index contributed by atoms with van der Waals surface area (Å²) in [6.45, 7) is 9.19. The first-order valence-corrected chi connectivity index (χ1v) is 11.2. The van der Waals surface area contributed by atoms with E-state index in [0.29, 0.717) is 12.3 Å². The topological polar surface area (TPSA) is 41.9 Å². The molecule has 0 spiro atoms. The zero-order valence-corrected chi connectivity index (χ0v) is 19.1. The SMILES string of the molecule is CCOc1ccc(N=C2C(=O)N3c4c2cccc4[C@@](C)(c2ccccc2)CC3(C)C)cc1. The van der Waals surface area contributed by atoms with E-state index >= 15 is 0 Å². The molecule has 0 aliphatic carbocycles. The van der Waals surface area contributed by atoms with Gasteiger partial charge in [-0.05, 0) is 62.6 Å². The van der Waals surface area contributed by atoms with Gasteiger partial charge < -0.3 is 9.64 Å². The van der Waals surface area contributed by atoms with Gasteiger partial charge in [-0.2, -0.15) is 0 Å². The highest BCUT2D eigenvalue weighted by atomic mass is 16.5. The van der Waals surface area contributed by atoms with Crippen molar-refractivity contribution in [1.29, 1.82) is 0 Å². The van der Waals surface area contributed by atoms with Gasteiger partial charge in [0.25, 0.3) is 5.91 Å². The molecule has 0 N–H and O–H groups in total. The van der Waals surface area contributed by atoms with E-state index in [1.807, 2.05) is 48.2 Å². The molecule has 0 aromatic heterocycles. The van der Waals surface area contributed by atoms with Crippen LogP contribution >= 0.6 is 0 Å². The van der Waals surface area contributed by atoms with Crippen molar-refractivity contribution < 1.29 is 9.53 Å². The quantitative estimate of drug-likeness (QED) is 0.512. The fourth-order valence-corrected chi connectivity index (χ4v) is 5.44. The highest BCUT2D eigenvalue weighted by Crippen LogP contribution is 2.54. The lowest BCUT2D eigenvalue weighted by Gasteiger charge is -2.49. The second-order valence-electron chi connectivity index (χ2n) is 9.42. The number of carbonyl (C=O) groups excluding carboxylic acids is 1. The number of carbonyl (C=O) groups is 1. The molecule has 0 radical (unpaired) electrons. The fourth-order valence-electron chi connectivity index (χ4n) is 5.44. The molecule has 0 saturated heterocycles. The summed E-state index contributed by atoms with van der Waals surface area (Å²) in [5.41, 5.74) is 5.09. The van der Waals surface area contributed by atoms with Gasteiger partial charge in [0, 0.05) is 16.5 Å². The average molecular weight is 425 g/mol. The Labute approximate surface area is 189 Å². The van der Waals surface area contributed by atoms with E-state index in [1.54, 1.807) is 0 Å². The zero-order valence-electron chi connectivity index (χ0n) is 19.1.